The lowest BCUT2D eigenvalue weighted by Gasteiger charge is -1.92. The van der Waals surface area contributed by atoms with Gasteiger partial charge in [-0.1, -0.05) is 0 Å². The highest BCUT2D eigenvalue weighted by Gasteiger charge is 2.03. The van der Waals surface area contributed by atoms with Crippen LogP contribution in [-0.2, 0) is 10.0 Å². The van der Waals surface area contributed by atoms with Gasteiger partial charge in [0, 0.05) is 6.20 Å². The maximum atomic E-state index is 10.7. The van der Waals surface area contributed by atoms with Crippen LogP contribution in [-0.4, -0.2) is 23.9 Å². The summed E-state index contributed by atoms with van der Waals surface area (Å²) in [5.41, 5.74) is 0.838. The molecular weight excluding hydrogens is 152 g/mol. The largest absolute Gasteiger partial charge is 0.250 e. The van der Waals surface area contributed by atoms with Gasteiger partial charge in [-0.25, -0.2) is 8.42 Å². The molecule has 0 aliphatic rings. The first-order valence-corrected chi connectivity index (χ1v) is 4.57. The van der Waals surface area contributed by atoms with E-state index < -0.39 is 10.0 Å². The SMILES string of the molecule is Cc1cnn(S(C)(=O)=O)c1. The third-order valence-corrected chi connectivity index (χ3v) is 1.91. The molecule has 0 N–H and O–H groups in total. The summed E-state index contributed by atoms with van der Waals surface area (Å²) in [6.07, 6.45) is 4.08. The topological polar surface area (TPSA) is 52.0 Å². The molecule has 10 heavy (non-hydrogen) atoms. The summed E-state index contributed by atoms with van der Waals surface area (Å²) in [6.45, 7) is 1.79. The van der Waals surface area contributed by atoms with Gasteiger partial charge in [-0.15, -0.1) is 0 Å². The zero-order valence-electron chi connectivity index (χ0n) is 5.77. The number of aryl methyl sites for hydroxylation is 1. The summed E-state index contributed by atoms with van der Waals surface area (Å²) in [6, 6.07) is 0. The van der Waals surface area contributed by atoms with E-state index in [9.17, 15) is 8.42 Å². The van der Waals surface area contributed by atoms with Crippen LogP contribution in [0.1, 0.15) is 5.56 Å². The van der Waals surface area contributed by atoms with Crippen molar-refractivity contribution in [2.24, 2.45) is 0 Å². The normalized spacial score (nSPS) is 11.8. The summed E-state index contributed by atoms with van der Waals surface area (Å²) < 4.78 is 22.4. The van der Waals surface area contributed by atoms with Crippen molar-refractivity contribution in [3.8, 4) is 0 Å². The van der Waals surface area contributed by atoms with Crippen LogP contribution in [0.3, 0.4) is 0 Å². The fraction of sp³-hybridized carbons (Fsp3) is 0.400. The molecule has 0 aliphatic heterocycles. The van der Waals surface area contributed by atoms with E-state index in [4.69, 9.17) is 0 Å². The molecule has 0 saturated heterocycles. The Morgan fingerprint density at radius 2 is 2.20 bits per heavy atom. The molecule has 0 atom stereocenters. The van der Waals surface area contributed by atoms with Crippen LogP contribution < -0.4 is 0 Å². The van der Waals surface area contributed by atoms with Crippen LogP contribution in [0.2, 0.25) is 0 Å². The highest BCUT2D eigenvalue weighted by atomic mass is 32.2. The van der Waals surface area contributed by atoms with Crippen LogP contribution in [0.25, 0.3) is 0 Å². The van der Waals surface area contributed by atoms with E-state index in [1.807, 2.05) is 0 Å². The minimum absolute atomic E-state index is 0.838. The lowest BCUT2D eigenvalue weighted by atomic mass is 10.4. The first kappa shape index (κ1) is 7.27. The summed E-state index contributed by atoms with van der Waals surface area (Å²) in [7, 11) is -3.18. The quantitative estimate of drug-likeness (QED) is 0.581. The molecule has 0 spiro atoms. The van der Waals surface area contributed by atoms with E-state index in [1.54, 1.807) is 6.92 Å². The Kier molecular flexibility index (Phi) is 1.52. The predicted molar refractivity (Wildman–Crippen MR) is 37.2 cm³/mol. The summed E-state index contributed by atoms with van der Waals surface area (Å²) in [5, 5.41) is 3.62. The molecule has 0 amide bonds. The van der Waals surface area contributed by atoms with Crippen LogP contribution in [0, 0.1) is 6.92 Å². The van der Waals surface area contributed by atoms with E-state index in [0.717, 1.165) is 15.9 Å². The molecule has 0 radical (unpaired) electrons. The zero-order chi connectivity index (χ0) is 7.78. The van der Waals surface area contributed by atoms with Crippen molar-refractivity contribution in [3.63, 3.8) is 0 Å². The minimum Gasteiger partial charge on any atom is -0.205 e. The van der Waals surface area contributed by atoms with Crippen molar-refractivity contribution in [1.29, 1.82) is 0 Å². The number of hydrogen-bond donors (Lipinski definition) is 0. The van der Waals surface area contributed by atoms with Gasteiger partial charge in [0.25, 0.3) is 10.0 Å². The molecule has 1 aromatic heterocycles. The van der Waals surface area contributed by atoms with Crippen molar-refractivity contribution >= 4 is 10.0 Å². The molecule has 0 fully saturated rings. The van der Waals surface area contributed by atoms with E-state index in [-0.39, 0.29) is 0 Å². The average Bonchev–Trinajstić information content (AvgIpc) is 2.11. The van der Waals surface area contributed by atoms with E-state index in [2.05, 4.69) is 5.10 Å². The van der Waals surface area contributed by atoms with Gasteiger partial charge in [-0.05, 0) is 12.5 Å². The molecule has 1 rings (SSSR count). The smallest absolute Gasteiger partial charge is 0.205 e. The molecule has 0 aliphatic carbocycles. The lowest BCUT2D eigenvalue weighted by Crippen LogP contribution is -2.09. The fourth-order valence-electron chi connectivity index (χ4n) is 0.570. The lowest BCUT2D eigenvalue weighted by molar-refractivity contribution is 0.586. The minimum atomic E-state index is -3.18. The summed E-state index contributed by atoms with van der Waals surface area (Å²) >= 11 is 0. The molecule has 0 aromatic carbocycles. The first-order chi connectivity index (χ1) is 4.50. The Balaban J connectivity index is 3.21. The average molecular weight is 160 g/mol. The molecule has 56 valence electrons. The van der Waals surface area contributed by atoms with Gasteiger partial charge in [-0.3, -0.25) is 0 Å². The summed E-state index contributed by atoms with van der Waals surface area (Å²) in [4.78, 5) is 0. The van der Waals surface area contributed by atoms with Crippen LogP contribution >= 0.6 is 0 Å². The van der Waals surface area contributed by atoms with Gasteiger partial charge in [-0.2, -0.15) is 9.19 Å². The molecular formula is C5H8N2O2S. The standard InChI is InChI=1S/C5H8N2O2S/c1-5-3-6-7(4-5)10(2,8)9/h3-4H,1-2H3. The Bertz CT molecular complexity index is 325. The second kappa shape index (κ2) is 2.09. The van der Waals surface area contributed by atoms with Crippen molar-refractivity contribution in [2.45, 2.75) is 6.92 Å². The molecule has 5 heteroatoms. The first-order valence-electron chi connectivity index (χ1n) is 2.72. The third kappa shape index (κ3) is 1.36. The second-order valence-electron chi connectivity index (χ2n) is 2.15. The molecule has 4 nitrogen and oxygen atoms in total. The van der Waals surface area contributed by atoms with E-state index in [0.29, 0.717) is 0 Å². The van der Waals surface area contributed by atoms with Gasteiger partial charge in [0.2, 0.25) is 0 Å². The maximum absolute atomic E-state index is 10.7. The summed E-state index contributed by atoms with van der Waals surface area (Å²) in [5.74, 6) is 0. The third-order valence-electron chi connectivity index (χ3n) is 1.03. The zero-order valence-corrected chi connectivity index (χ0v) is 6.59. The monoisotopic (exact) mass is 160 g/mol. The molecule has 0 bridgehead atoms. The van der Waals surface area contributed by atoms with Gasteiger partial charge < -0.3 is 0 Å². The number of hydrogen-bond acceptors (Lipinski definition) is 3. The predicted octanol–water partition coefficient (Wildman–Crippen LogP) is -0.000780. The van der Waals surface area contributed by atoms with Gasteiger partial charge in [0.1, 0.15) is 0 Å². The molecule has 0 unspecified atom stereocenters. The number of rotatable bonds is 1. The van der Waals surface area contributed by atoms with Gasteiger partial charge in [0.15, 0.2) is 0 Å². The Labute approximate surface area is 59.5 Å². The number of nitrogens with zero attached hydrogens (tertiary/aromatic N) is 2. The molecule has 1 heterocycles. The van der Waals surface area contributed by atoms with Gasteiger partial charge >= 0.3 is 0 Å². The Morgan fingerprint density at radius 1 is 1.60 bits per heavy atom. The second-order valence-corrected chi connectivity index (χ2v) is 3.99. The highest BCUT2D eigenvalue weighted by Crippen LogP contribution is 1.96. The Hall–Kier alpha value is -0.840. The molecule has 1 aromatic rings. The Morgan fingerprint density at radius 3 is 2.40 bits per heavy atom. The van der Waals surface area contributed by atoms with Crippen LogP contribution in [0.4, 0.5) is 0 Å². The maximum Gasteiger partial charge on any atom is 0.250 e. The van der Waals surface area contributed by atoms with Crippen molar-refractivity contribution < 1.29 is 8.42 Å². The van der Waals surface area contributed by atoms with Crippen molar-refractivity contribution in [1.82, 2.24) is 9.19 Å². The molecule has 0 saturated carbocycles. The van der Waals surface area contributed by atoms with Crippen LogP contribution in [0.15, 0.2) is 12.4 Å². The van der Waals surface area contributed by atoms with Crippen molar-refractivity contribution in [2.75, 3.05) is 6.26 Å². The number of aromatic nitrogens is 2. The van der Waals surface area contributed by atoms with Gasteiger partial charge in [0.05, 0.1) is 12.5 Å². The van der Waals surface area contributed by atoms with E-state index >= 15 is 0 Å². The highest BCUT2D eigenvalue weighted by molar-refractivity contribution is 7.89. The van der Waals surface area contributed by atoms with Crippen molar-refractivity contribution in [3.05, 3.63) is 18.0 Å². The van der Waals surface area contributed by atoms with E-state index in [1.165, 1.54) is 12.4 Å². The van der Waals surface area contributed by atoms with Crippen LogP contribution in [0.5, 0.6) is 0 Å². The fourth-order valence-corrected chi connectivity index (χ4v) is 1.15.